The third-order valence-electron chi connectivity index (χ3n) is 3.51. The number of hydrogen-bond acceptors (Lipinski definition) is 5. The molecule has 4 N–H and O–H groups in total. The molecule has 0 saturated carbocycles. The maximum absolute atomic E-state index is 12.0. The number of nitrogens with two attached hydrogens (primary N) is 1. The van der Waals surface area contributed by atoms with Crippen molar-refractivity contribution in [3.63, 3.8) is 0 Å². The molecule has 0 bridgehead atoms. The number of urea groups is 1. The van der Waals surface area contributed by atoms with Gasteiger partial charge in [-0.15, -0.1) is 11.3 Å². The topological polar surface area (TPSA) is 83.3 Å². The Morgan fingerprint density at radius 2 is 2.00 bits per heavy atom. The largest absolute Gasteiger partial charge is 0.326 e. The second kappa shape index (κ2) is 8.05. The molecule has 1 heterocycles. The number of benzene rings is 1. The molecule has 0 aliphatic rings. The summed E-state index contributed by atoms with van der Waals surface area (Å²) in [5.41, 5.74) is 8.24. The number of amides is 2. The van der Waals surface area contributed by atoms with Gasteiger partial charge in [-0.25, -0.2) is 9.78 Å². The Morgan fingerprint density at radius 3 is 2.61 bits per heavy atom. The summed E-state index contributed by atoms with van der Waals surface area (Å²) in [4.78, 5) is 18.6. The van der Waals surface area contributed by atoms with E-state index < -0.39 is 0 Å². The van der Waals surface area contributed by atoms with Crippen LogP contribution in [0.3, 0.4) is 0 Å². The Hall–Kier alpha value is -1.96. The van der Waals surface area contributed by atoms with E-state index in [2.05, 4.69) is 41.4 Å². The monoisotopic (exact) mass is 333 g/mol. The molecule has 0 atom stereocenters. The lowest BCUT2D eigenvalue weighted by Gasteiger charge is -2.19. The summed E-state index contributed by atoms with van der Waals surface area (Å²) in [6.45, 7) is 5.51. The molecule has 0 aliphatic carbocycles. The van der Waals surface area contributed by atoms with Crippen molar-refractivity contribution >= 4 is 28.2 Å². The number of carbonyl (C=O) groups is 1. The van der Waals surface area contributed by atoms with Crippen LogP contribution in [0.4, 0.5) is 15.6 Å². The van der Waals surface area contributed by atoms with Crippen molar-refractivity contribution in [1.82, 2.24) is 9.88 Å². The van der Waals surface area contributed by atoms with Crippen molar-refractivity contribution in [2.45, 2.75) is 33.0 Å². The standard InChI is InChI=1S/C16H23N5OS/c1-11(2)21(3)9-14-10-23-16(19-14)20-15(22)18-13-6-4-12(8-17)5-7-13/h4-7,10-11H,8-9,17H2,1-3H3,(H2,18,19,20,22). The highest BCUT2D eigenvalue weighted by molar-refractivity contribution is 7.13. The van der Waals surface area contributed by atoms with Gasteiger partial charge < -0.3 is 11.1 Å². The number of nitrogens with one attached hydrogen (secondary N) is 2. The minimum Gasteiger partial charge on any atom is -0.326 e. The summed E-state index contributed by atoms with van der Waals surface area (Å²) in [5, 5.41) is 8.09. The molecule has 7 heteroatoms. The summed E-state index contributed by atoms with van der Waals surface area (Å²) in [6, 6.07) is 7.58. The maximum atomic E-state index is 12.0. The SMILES string of the molecule is CC(C)N(C)Cc1csc(NC(=O)Nc2ccc(CN)cc2)n1. The third kappa shape index (κ3) is 5.31. The van der Waals surface area contributed by atoms with Crippen molar-refractivity contribution in [2.24, 2.45) is 5.73 Å². The van der Waals surface area contributed by atoms with Gasteiger partial charge in [-0.1, -0.05) is 12.1 Å². The predicted molar refractivity (Wildman–Crippen MR) is 95.7 cm³/mol. The quantitative estimate of drug-likeness (QED) is 0.758. The molecule has 124 valence electrons. The maximum Gasteiger partial charge on any atom is 0.325 e. The predicted octanol–water partition coefficient (Wildman–Crippen LogP) is 3.09. The van der Waals surface area contributed by atoms with E-state index >= 15 is 0 Å². The second-order valence-electron chi connectivity index (χ2n) is 5.63. The van der Waals surface area contributed by atoms with Crippen LogP contribution in [-0.2, 0) is 13.1 Å². The van der Waals surface area contributed by atoms with Crippen LogP contribution >= 0.6 is 11.3 Å². The minimum atomic E-state index is -0.302. The molecule has 0 unspecified atom stereocenters. The average molecular weight is 333 g/mol. The lowest BCUT2D eigenvalue weighted by atomic mass is 10.2. The second-order valence-corrected chi connectivity index (χ2v) is 6.49. The van der Waals surface area contributed by atoms with E-state index in [0.29, 0.717) is 17.7 Å². The molecule has 0 saturated heterocycles. The zero-order chi connectivity index (χ0) is 16.8. The Balaban J connectivity index is 1.88. The highest BCUT2D eigenvalue weighted by Crippen LogP contribution is 2.18. The smallest absolute Gasteiger partial charge is 0.325 e. The van der Waals surface area contributed by atoms with Gasteiger partial charge in [0.2, 0.25) is 0 Å². The van der Waals surface area contributed by atoms with Gasteiger partial charge in [0, 0.05) is 30.2 Å². The van der Waals surface area contributed by atoms with Crippen LogP contribution in [0, 0.1) is 0 Å². The van der Waals surface area contributed by atoms with Crippen LogP contribution in [0.1, 0.15) is 25.1 Å². The van der Waals surface area contributed by atoms with E-state index in [1.807, 2.05) is 29.6 Å². The molecule has 0 radical (unpaired) electrons. The van der Waals surface area contributed by atoms with Crippen molar-refractivity contribution in [1.29, 1.82) is 0 Å². The van der Waals surface area contributed by atoms with E-state index in [1.165, 1.54) is 11.3 Å². The zero-order valence-corrected chi connectivity index (χ0v) is 14.5. The first-order valence-corrected chi connectivity index (χ1v) is 8.37. The molecule has 0 spiro atoms. The molecule has 23 heavy (non-hydrogen) atoms. The van der Waals surface area contributed by atoms with Gasteiger partial charge in [0.15, 0.2) is 5.13 Å². The van der Waals surface area contributed by atoms with Gasteiger partial charge in [-0.3, -0.25) is 10.2 Å². The fourth-order valence-corrected chi connectivity index (χ4v) is 2.56. The van der Waals surface area contributed by atoms with Crippen LogP contribution in [0.25, 0.3) is 0 Å². The summed E-state index contributed by atoms with van der Waals surface area (Å²) < 4.78 is 0. The van der Waals surface area contributed by atoms with Crippen LogP contribution in [0.5, 0.6) is 0 Å². The summed E-state index contributed by atoms with van der Waals surface area (Å²) in [6.07, 6.45) is 0. The average Bonchev–Trinajstić information content (AvgIpc) is 2.94. The fourth-order valence-electron chi connectivity index (χ4n) is 1.86. The number of carbonyl (C=O) groups excluding carboxylic acids is 1. The van der Waals surface area contributed by atoms with E-state index in [-0.39, 0.29) is 6.03 Å². The molecule has 2 rings (SSSR count). The molecule has 2 aromatic rings. The summed E-state index contributed by atoms with van der Waals surface area (Å²) >= 11 is 1.42. The molecule has 0 fully saturated rings. The fraction of sp³-hybridized carbons (Fsp3) is 0.375. The van der Waals surface area contributed by atoms with Gasteiger partial charge in [-0.2, -0.15) is 0 Å². The van der Waals surface area contributed by atoms with Crippen molar-refractivity contribution in [2.75, 3.05) is 17.7 Å². The van der Waals surface area contributed by atoms with E-state index in [4.69, 9.17) is 5.73 Å². The lowest BCUT2D eigenvalue weighted by molar-refractivity contribution is 0.261. The molecular weight excluding hydrogens is 310 g/mol. The molecule has 2 amide bonds. The molecule has 1 aromatic carbocycles. The van der Waals surface area contributed by atoms with Crippen LogP contribution < -0.4 is 16.4 Å². The van der Waals surface area contributed by atoms with Crippen molar-refractivity contribution in [3.8, 4) is 0 Å². The molecule has 0 aliphatic heterocycles. The third-order valence-corrected chi connectivity index (χ3v) is 4.32. The summed E-state index contributed by atoms with van der Waals surface area (Å²) in [7, 11) is 2.05. The van der Waals surface area contributed by atoms with Gasteiger partial charge in [-0.05, 0) is 38.6 Å². The minimum absolute atomic E-state index is 0.302. The highest BCUT2D eigenvalue weighted by Gasteiger charge is 2.10. The van der Waals surface area contributed by atoms with Crippen LogP contribution in [0.15, 0.2) is 29.6 Å². The normalized spacial score (nSPS) is 11.0. The van der Waals surface area contributed by atoms with Gasteiger partial charge in [0.25, 0.3) is 0 Å². The van der Waals surface area contributed by atoms with E-state index in [9.17, 15) is 4.79 Å². The number of anilines is 2. The van der Waals surface area contributed by atoms with E-state index in [0.717, 1.165) is 23.5 Å². The van der Waals surface area contributed by atoms with Crippen LogP contribution in [-0.4, -0.2) is 29.0 Å². The Bertz CT molecular complexity index is 638. The lowest BCUT2D eigenvalue weighted by Crippen LogP contribution is -2.25. The first-order chi connectivity index (χ1) is 11.0. The molecule has 6 nitrogen and oxygen atoms in total. The number of thiazole rings is 1. The highest BCUT2D eigenvalue weighted by atomic mass is 32.1. The van der Waals surface area contributed by atoms with Crippen molar-refractivity contribution in [3.05, 3.63) is 40.9 Å². The number of nitrogens with zero attached hydrogens (tertiary/aromatic N) is 2. The number of hydrogen-bond donors (Lipinski definition) is 3. The van der Waals surface area contributed by atoms with Crippen molar-refractivity contribution < 1.29 is 4.79 Å². The zero-order valence-electron chi connectivity index (χ0n) is 13.7. The van der Waals surface area contributed by atoms with Gasteiger partial charge in [0.1, 0.15) is 0 Å². The van der Waals surface area contributed by atoms with Crippen LogP contribution in [0.2, 0.25) is 0 Å². The molecule has 1 aromatic heterocycles. The first kappa shape index (κ1) is 17.4. The van der Waals surface area contributed by atoms with Gasteiger partial charge >= 0.3 is 6.03 Å². The number of rotatable bonds is 6. The Kier molecular flexibility index (Phi) is 6.09. The Labute approximate surface area is 140 Å². The number of aromatic nitrogens is 1. The van der Waals surface area contributed by atoms with E-state index in [1.54, 1.807) is 0 Å². The van der Waals surface area contributed by atoms with Gasteiger partial charge in [0.05, 0.1) is 5.69 Å². The Morgan fingerprint density at radius 1 is 1.30 bits per heavy atom. The summed E-state index contributed by atoms with van der Waals surface area (Å²) in [5.74, 6) is 0. The molecular formula is C16H23N5OS. The first-order valence-electron chi connectivity index (χ1n) is 7.49.